The zero-order chi connectivity index (χ0) is 19.9. The molecule has 0 saturated heterocycles. The molecule has 0 N–H and O–H groups in total. The van der Waals surface area contributed by atoms with Crippen LogP contribution in [0.5, 0.6) is 0 Å². The van der Waals surface area contributed by atoms with Gasteiger partial charge < -0.3 is 9.80 Å². The molecule has 1 amide bonds. The highest BCUT2D eigenvalue weighted by Gasteiger charge is 2.20. The highest BCUT2D eigenvalue weighted by atomic mass is 16.2. The molecular weight excluding hydrogens is 346 g/mol. The number of nitrogens with zero attached hydrogens (tertiary/aromatic N) is 3. The van der Waals surface area contributed by atoms with Crippen molar-refractivity contribution in [1.82, 2.24) is 9.88 Å². The predicted molar refractivity (Wildman–Crippen MR) is 114 cm³/mol. The molecule has 0 fully saturated rings. The average molecular weight is 374 g/mol. The van der Waals surface area contributed by atoms with E-state index in [9.17, 15) is 4.79 Å². The quantitative estimate of drug-likeness (QED) is 0.599. The Morgan fingerprint density at radius 1 is 0.893 bits per heavy atom. The van der Waals surface area contributed by atoms with E-state index in [1.807, 2.05) is 80.4 Å². The normalized spacial score (nSPS) is 10.7. The fourth-order valence-corrected chi connectivity index (χ4v) is 3.13. The molecular formula is C24H27N3O. The van der Waals surface area contributed by atoms with Crippen molar-refractivity contribution in [2.75, 3.05) is 11.9 Å². The number of hydrogen-bond donors (Lipinski definition) is 0. The van der Waals surface area contributed by atoms with Gasteiger partial charge in [0.1, 0.15) is 5.82 Å². The third-order valence-electron chi connectivity index (χ3n) is 4.73. The SMILES string of the molecule is CC(C)N(Cc1ccccc1)C(=O)c1ccnc(N(C)Cc2ccccc2)c1. The molecule has 3 aromatic rings. The van der Waals surface area contributed by atoms with Crippen LogP contribution in [0.4, 0.5) is 5.82 Å². The summed E-state index contributed by atoms with van der Waals surface area (Å²) in [4.78, 5) is 21.6. The first-order valence-corrected chi connectivity index (χ1v) is 9.60. The van der Waals surface area contributed by atoms with E-state index in [4.69, 9.17) is 0 Å². The van der Waals surface area contributed by atoms with Crippen molar-refractivity contribution in [3.63, 3.8) is 0 Å². The topological polar surface area (TPSA) is 36.4 Å². The standard InChI is InChI=1S/C24H27N3O/c1-19(2)27(18-21-12-8-5-9-13-21)24(28)22-14-15-25-23(16-22)26(3)17-20-10-6-4-7-11-20/h4-16,19H,17-18H2,1-3H3. The van der Waals surface area contributed by atoms with Gasteiger partial charge in [-0.3, -0.25) is 4.79 Å². The molecule has 4 heteroatoms. The van der Waals surface area contributed by atoms with Crippen molar-refractivity contribution in [2.45, 2.75) is 33.0 Å². The number of benzene rings is 2. The van der Waals surface area contributed by atoms with E-state index >= 15 is 0 Å². The number of amides is 1. The maximum atomic E-state index is 13.2. The minimum Gasteiger partial charge on any atom is -0.355 e. The largest absolute Gasteiger partial charge is 0.355 e. The molecule has 0 radical (unpaired) electrons. The first-order chi connectivity index (χ1) is 13.5. The number of carbonyl (C=O) groups is 1. The molecule has 4 nitrogen and oxygen atoms in total. The van der Waals surface area contributed by atoms with Crippen LogP contribution >= 0.6 is 0 Å². The summed E-state index contributed by atoms with van der Waals surface area (Å²) in [7, 11) is 1.99. The Bertz CT molecular complexity index is 894. The minimum absolute atomic E-state index is 0.0237. The van der Waals surface area contributed by atoms with Crippen LogP contribution in [-0.4, -0.2) is 28.9 Å². The van der Waals surface area contributed by atoms with Gasteiger partial charge in [0.15, 0.2) is 0 Å². The van der Waals surface area contributed by atoms with Gasteiger partial charge in [-0.25, -0.2) is 4.98 Å². The van der Waals surface area contributed by atoms with E-state index in [1.54, 1.807) is 12.3 Å². The van der Waals surface area contributed by atoms with Crippen LogP contribution in [0.3, 0.4) is 0 Å². The van der Waals surface area contributed by atoms with E-state index in [1.165, 1.54) is 5.56 Å². The molecule has 0 atom stereocenters. The lowest BCUT2D eigenvalue weighted by Gasteiger charge is -2.27. The Balaban J connectivity index is 1.78. The molecule has 0 bridgehead atoms. The van der Waals surface area contributed by atoms with Crippen molar-refractivity contribution in [3.8, 4) is 0 Å². The van der Waals surface area contributed by atoms with Gasteiger partial charge in [0.25, 0.3) is 5.91 Å². The summed E-state index contributed by atoms with van der Waals surface area (Å²) in [5.74, 6) is 0.814. The maximum Gasteiger partial charge on any atom is 0.254 e. The Kier molecular flexibility index (Phi) is 6.43. The number of carbonyl (C=O) groups excluding carboxylic acids is 1. The number of hydrogen-bond acceptors (Lipinski definition) is 3. The smallest absolute Gasteiger partial charge is 0.254 e. The Hall–Kier alpha value is -3.14. The van der Waals surface area contributed by atoms with Crippen molar-refractivity contribution in [2.24, 2.45) is 0 Å². The zero-order valence-electron chi connectivity index (χ0n) is 16.7. The highest BCUT2D eigenvalue weighted by molar-refractivity contribution is 5.95. The Morgan fingerprint density at radius 2 is 1.46 bits per heavy atom. The Morgan fingerprint density at radius 3 is 2.04 bits per heavy atom. The lowest BCUT2D eigenvalue weighted by atomic mass is 10.1. The van der Waals surface area contributed by atoms with Gasteiger partial charge in [0.2, 0.25) is 0 Å². The first-order valence-electron chi connectivity index (χ1n) is 9.60. The van der Waals surface area contributed by atoms with Crippen LogP contribution in [0.1, 0.15) is 35.3 Å². The summed E-state index contributed by atoms with van der Waals surface area (Å²) < 4.78 is 0. The first kappa shape index (κ1) is 19.6. The second-order valence-electron chi connectivity index (χ2n) is 7.26. The number of anilines is 1. The molecule has 1 aromatic heterocycles. The lowest BCUT2D eigenvalue weighted by Crippen LogP contribution is -2.36. The summed E-state index contributed by atoms with van der Waals surface area (Å²) >= 11 is 0. The van der Waals surface area contributed by atoms with Gasteiger partial charge in [-0.15, -0.1) is 0 Å². The molecule has 3 rings (SSSR count). The van der Waals surface area contributed by atoms with Gasteiger partial charge >= 0.3 is 0 Å². The van der Waals surface area contributed by atoms with E-state index in [-0.39, 0.29) is 11.9 Å². The third kappa shape index (κ3) is 4.97. The van der Waals surface area contributed by atoms with Gasteiger partial charge in [-0.1, -0.05) is 60.7 Å². The molecule has 28 heavy (non-hydrogen) atoms. The predicted octanol–water partition coefficient (Wildman–Crippen LogP) is 4.77. The molecule has 2 aromatic carbocycles. The molecule has 0 spiro atoms. The second-order valence-corrected chi connectivity index (χ2v) is 7.26. The van der Waals surface area contributed by atoms with Gasteiger partial charge in [-0.05, 0) is 37.1 Å². The van der Waals surface area contributed by atoms with E-state index in [0.717, 1.165) is 17.9 Å². The minimum atomic E-state index is 0.0237. The van der Waals surface area contributed by atoms with Gasteiger partial charge in [-0.2, -0.15) is 0 Å². The molecule has 0 aliphatic carbocycles. The Labute approximate surface area is 167 Å². The number of aromatic nitrogens is 1. The summed E-state index contributed by atoms with van der Waals surface area (Å²) in [6.07, 6.45) is 1.71. The zero-order valence-corrected chi connectivity index (χ0v) is 16.7. The molecule has 0 unspecified atom stereocenters. The van der Waals surface area contributed by atoms with Crippen LogP contribution in [-0.2, 0) is 13.1 Å². The number of pyridine rings is 1. The maximum absolute atomic E-state index is 13.2. The van der Waals surface area contributed by atoms with Crippen LogP contribution < -0.4 is 4.90 Å². The van der Waals surface area contributed by atoms with E-state index < -0.39 is 0 Å². The van der Waals surface area contributed by atoms with Crippen LogP contribution in [0.15, 0.2) is 79.0 Å². The van der Waals surface area contributed by atoms with Crippen molar-refractivity contribution in [1.29, 1.82) is 0 Å². The summed E-state index contributed by atoms with van der Waals surface area (Å²) in [5.41, 5.74) is 2.99. The average Bonchev–Trinajstić information content (AvgIpc) is 2.73. The highest BCUT2D eigenvalue weighted by Crippen LogP contribution is 2.18. The van der Waals surface area contributed by atoms with Crippen LogP contribution in [0, 0.1) is 0 Å². The van der Waals surface area contributed by atoms with Crippen LogP contribution in [0.2, 0.25) is 0 Å². The van der Waals surface area contributed by atoms with Crippen molar-refractivity contribution in [3.05, 3.63) is 95.7 Å². The van der Waals surface area contributed by atoms with E-state index in [2.05, 4.69) is 22.0 Å². The summed E-state index contributed by atoms with van der Waals surface area (Å²) in [6, 6.07) is 24.1. The van der Waals surface area contributed by atoms with Gasteiger partial charge in [0, 0.05) is 37.9 Å². The summed E-state index contributed by atoms with van der Waals surface area (Å²) in [5, 5.41) is 0. The lowest BCUT2D eigenvalue weighted by molar-refractivity contribution is 0.0690. The fraction of sp³-hybridized carbons (Fsp3) is 0.250. The molecule has 0 aliphatic rings. The van der Waals surface area contributed by atoms with Gasteiger partial charge in [0.05, 0.1) is 0 Å². The second kappa shape index (κ2) is 9.18. The fourth-order valence-electron chi connectivity index (χ4n) is 3.13. The van der Waals surface area contributed by atoms with Crippen molar-refractivity contribution >= 4 is 11.7 Å². The monoisotopic (exact) mass is 373 g/mol. The summed E-state index contributed by atoms with van der Waals surface area (Å²) in [6.45, 7) is 5.42. The van der Waals surface area contributed by atoms with E-state index in [0.29, 0.717) is 12.1 Å². The molecule has 144 valence electrons. The number of rotatable bonds is 7. The molecule has 1 heterocycles. The third-order valence-corrected chi connectivity index (χ3v) is 4.73. The van der Waals surface area contributed by atoms with Crippen LogP contribution in [0.25, 0.3) is 0 Å². The molecule has 0 saturated carbocycles. The molecule has 0 aliphatic heterocycles. The van der Waals surface area contributed by atoms with Crippen molar-refractivity contribution < 1.29 is 4.79 Å².